The van der Waals surface area contributed by atoms with E-state index in [-0.39, 0.29) is 5.92 Å². The molecule has 0 radical (unpaired) electrons. The van der Waals surface area contributed by atoms with Gasteiger partial charge < -0.3 is 9.84 Å². The Morgan fingerprint density at radius 2 is 2.41 bits per heavy atom. The average molecular weight is 232 g/mol. The second-order valence-electron chi connectivity index (χ2n) is 4.55. The van der Waals surface area contributed by atoms with E-state index in [2.05, 4.69) is 5.10 Å². The molecule has 1 saturated heterocycles. The van der Waals surface area contributed by atoms with E-state index in [9.17, 15) is 5.11 Å². The number of fused-ring (bicyclic) bond motifs is 1. The van der Waals surface area contributed by atoms with Gasteiger partial charge in [-0.1, -0.05) is 6.07 Å². The highest BCUT2D eigenvalue weighted by Crippen LogP contribution is 2.30. The summed E-state index contributed by atoms with van der Waals surface area (Å²) in [4.78, 5) is 0. The molecule has 17 heavy (non-hydrogen) atoms. The number of rotatable bonds is 2. The van der Waals surface area contributed by atoms with E-state index in [1.165, 1.54) is 0 Å². The van der Waals surface area contributed by atoms with Crippen molar-refractivity contribution in [3.8, 4) is 0 Å². The fourth-order valence-electron chi connectivity index (χ4n) is 2.45. The Bertz CT molecular complexity index is 503. The molecule has 0 aromatic carbocycles. The van der Waals surface area contributed by atoms with Gasteiger partial charge in [-0.05, 0) is 25.0 Å². The summed E-state index contributed by atoms with van der Waals surface area (Å²) >= 11 is 0. The average Bonchev–Trinajstić information content (AvgIpc) is 2.83. The van der Waals surface area contributed by atoms with Gasteiger partial charge in [0.25, 0.3) is 0 Å². The van der Waals surface area contributed by atoms with E-state index in [4.69, 9.17) is 4.74 Å². The van der Waals surface area contributed by atoms with Crippen molar-refractivity contribution in [2.45, 2.75) is 18.9 Å². The molecule has 2 aromatic heterocycles. The van der Waals surface area contributed by atoms with Gasteiger partial charge in [-0.25, -0.2) is 4.52 Å². The van der Waals surface area contributed by atoms with Crippen molar-refractivity contribution in [3.63, 3.8) is 0 Å². The second kappa shape index (κ2) is 4.47. The molecular weight excluding hydrogens is 216 g/mol. The summed E-state index contributed by atoms with van der Waals surface area (Å²) < 4.78 is 7.22. The van der Waals surface area contributed by atoms with Crippen molar-refractivity contribution in [1.82, 2.24) is 9.61 Å². The summed E-state index contributed by atoms with van der Waals surface area (Å²) in [6.07, 6.45) is 5.22. The van der Waals surface area contributed by atoms with E-state index in [1.807, 2.05) is 24.4 Å². The lowest BCUT2D eigenvalue weighted by Crippen LogP contribution is -2.23. The molecule has 1 fully saturated rings. The Morgan fingerprint density at radius 3 is 3.24 bits per heavy atom. The fraction of sp³-hybridized carbons (Fsp3) is 0.462. The molecule has 2 atom stereocenters. The maximum absolute atomic E-state index is 10.4. The molecule has 4 heteroatoms. The zero-order chi connectivity index (χ0) is 11.7. The van der Waals surface area contributed by atoms with Gasteiger partial charge >= 0.3 is 0 Å². The van der Waals surface area contributed by atoms with Gasteiger partial charge in [-0.3, -0.25) is 0 Å². The highest BCUT2D eigenvalue weighted by Gasteiger charge is 2.25. The van der Waals surface area contributed by atoms with Crippen LogP contribution in [0.25, 0.3) is 5.52 Å². The van der Waals surface area contributed by atoms with Gasteiger partial charge in [0.15, 0.2) is 0 Å². The van der Waals surface area contributed by atoms with Gasteiger partial charge in [0.2, 0.25) is 0 Å². The van der Waals surface area contributed by atoms with Crippen molar-refractivity contribution >= 4 is 5.52 Å². The molecule has 0 bridgehead atoms. The van der Waals surface area contributed by atoms with Gasteiger partial charge in [-0.2, -0.15) is 5.10 Å². The van der Waals surface area contributed by atoms with E-state index >= 15 is 0 Å². The van der Waals surface area contributed by atoms with Crippen LogP contribution in [0.1, 0.15) is 24.5 Å². The van der Waals surface area contributed by atoms with Crippen LogP contribution >= 0.6 is 0 Å². The molecule has 90 valence electrons. The molecule has 0 spiro atoms. The third-order valence-electron chi connectivity index (χ3n) is 3.42. The first-order valence-corrected chi connectivity index (χ1v) is 6.04. The first-order valence-electron chi connectivity index (χ1n) is 6.04. The molecule has 4 nitrogen and oxygen atoms in total. The van der Waals surface area contributed by atoms with Crippen LogP contribution < -0.4 is 0 Å². The third kappa shape index (κ3) is 1.94. The Balaban J connectivity index is 1.92. The number of pyridine rings is 1. The Labute approximate surface area is 99.8 Å². The first kappa shape index (κ1) is 10.7. The van der Waals surface area contributed by atoms with Crippen molar-refractivity contribution in [2.75, 3.05) is 13.2 Å². The normalized spacial score (nSPS) is 22.8. The van der Waals surface area contributed by atoms with Gasteiger partial charge in [0.05, 0.1) is 24.4 Å². The van der Waals surface area contributed by atoms with Crippen LogP contribution in [0.2, 0.25) is 0 Å². The Kier molecular flexibility index (Phi) is 2.82. The molecule has 2 unspecified atom stereocenters. The summed E-state index contributed by atoms with van der Waals surface area (Å²) in [6, 6.07) is 5.87. The van der Waals surface area contributed by atoms with Gasteiger partial charge in [-0.15, -0.1) is 0 Å². The van der Waals surface area contributed by atoms with Crippen molar-refractivity contribution in [1.29, 1.82) is 0 Å². The number of aliphatic hydroxyl groups is 1. The lowest BCUT2D eigenvalue weighted by Gasteiger charge is -2.26. The topological polar surface area (TPSA) is 46.8 Å². The largest absolute Gasteiger partial charge is 0.388 e. The predicted molar refractivity (Wildman–Crippen MR) is 63.7 cm³/mol. The monoisotopic (exact) mass is 232 g/mol. The van der Waals surface area contributed by atoms with Crippen LogP contribution in [0.3, 0.4) is 0 Å². The molecule has 0 amide bonds. The molecule has 3 heterocycles. The summed E-state index contributed by atoms with van der Waals surface area (Å²) in [6.45, 7) is 1.46. The van der Waals surface area contributed by atoms with Crippen LogP contribution in [-0.4, -0.2) is 27.9 Å². The molecule has 2 aromatic rings. The quantitative estimate of drug-likeness (QED) is 0.858. The molecule has 1 aliphatic rings. The maximum atomic E-state index is 10.4. The van der Waals surface area contributed by atoms with Gasteiger partial charge in [0.1, 0.15) is 0 Å². The second-order valence-corrected chi connectivity index (χ2v) is 4.55. The Hall–Kier alpha value is -1.39. The number of hydrogen-bond donors (Lipinski definition) is 1. The van der Waals surface area contributed by atoms with E-state index in [0.717, 1.165) is 30.5 Å². The maximum Gasteiger partial charge on any atom is 0.0876 e. The van der Waals surface area contributed by atoms with Crippen LogP contribution in [0.15, 0.2) is 30.6 Å². The summed E-state index contributed by atoms with van der Waals surface area (Å²) in [5.74, 6) is 0.192. The predicted octanol–water partition coefficient (Wildman–Crippen LogP) is 1.79. The van der Waals surface area contributed by atoms with Crippen molar-refractivity contribution in [3.05, 3.63) is 36.2 Å². The van der Waals surface area contributed by atoms with Crippen LogP contribution in [0, 0.1) is 5.92 Å². The fourth-order valence-corrected chi connectivity index (χ4v) is 2.45. The molecule has 1 aliphatic heterocycles. The lowest BCUT2D eigenvalue weighted by molar-refractivity contribution is -0.00945. The summed E-state index contributed by atoms with van der Waals surface area (Å²) in [5.41, 5.74) is 1.88. The third-order valence-corrected chi connectivity index (χ3v) is 3.42. The minimum absolute atomic E-state index is 0.192. The highest BCUT2D eigenvalue weighted by atomic mass is 16.5. The van der Waals surface area contributed by atoms with Crippen LogP contribution in [0.5, 0.6) is 0 Å². The van der Waals surface area contributed by atoms with Crippen molar-refractivity contribution < 1.29 is 9.84 Å². The van der Waals surface area contributed by atoms with Gasteiger partial charge in [0, 0.05) is 24.3 Å². The minimum Gasteiger partial charge on any atom is -0.388 e. The smallest absolute Gasteiger partial charge is 0.0876 e. The molecule has 1 N–H and O–H groups in total. The van der Waals surface area contributed by atoms with Crippen molar-refractivity contribution in [2.24, 2.45) is 5.92 Å². The standard InChI is InChI=1S/C13H16N2O2/c16-13(10-4-3-7-17-9-10)11-8-14-15-6-2-1-5-12(11)15/h1-2,5-6,8,10,13,16H,3-4,7,9H2. The number of aliphatic hydroxyl groups excluding tert-OH is 1. The SMILES string of the molecule is OC(c1cnn2ccccc12)C1CCCOC1. The zero-order valence-corrected chi connectivity index (χ0v) is 9.62. The molecule has 0 aliphatic carbocycles. The summed E-state index contributed by atoms with van der Waals surface area (Å²) in [7, 11) is 0. The number of ether oxygens (including phenoxy) is 1. The van der Waals surface area contributed by atoms with Crippen LogP contribution in [-0.2, 0) is 4.74 Å². The Morgan fingerprint density at radius 1 is 1.47 bits per heavy atom. The highest BCUT2D eigenvalue weighted by molar-refractivity contribution is 5.54. The van der Waals surface area contributed by atoms with E-state index in [1.54, 1.807) is 10.7 Å². The lowest BCUT2D eigenvalue weighted by atomic mass is 9.92. The molecule has 0 saturated carbocycles. The number of hydrogen-bond acceptors (Lipinski definition) is 3. The van der Waals surface area contributed by atoms with E-state index in [0.29, 0.717) is 6.61 Å². The van der Waals surface area contributed by atoms with E-state index < -0.39 is 6.10 Å². The zero-order valence-electron chi connectivity index (χ0n) is 9.62. The molecule has 3 rings (SSSR count). The first-order chi connectivity index (χ1) is 8.36. The summed E-state index contributed by atoms with van der Waals surface area (Å²) in [5, 5.41) is 14.6. The van der Waals surface area contributed by atoms with Crippen LogP contribution in [0.4, 0.5) is 0 Å². The molecular formula is C13H16N2O2. The number of nitrogens with zero attached hydrogens (tertiary/aromatic N) is 2. The number of aromatic nitrogens is 2. The minimum atomic E-state index is -0.477.